The van der Waals surface area contributed by atoms with Gasteiger partial charge in [-0.15, -0.1) is 0 Å². The zero-order chi connectivity index (χ0) is 24.0. The zero-order valence-electron chi connectivity index (χ0n) is 17.6. The number of alkyl halides is 3. The van der Waals surface area contributed by atoms with E-state index in [1.165, 1.54) is 36.5 Å². The largest absolute Gasteiger partial charge is 0.497 e. The Labute approximate surface area is 187 Å². The van der Waals surface area contributed by atoms with E-state index in [2.05, 4.69) is 33.4 Å². The molecule has 1 aromatic carbocycles. The number of anilines is 1. The molecule has 0 saturated carbocycles. The number of aromatic nitrogens is 3. The Morgan fingerprint density at radius 1 is 1.30 bits per heavy atom. The minimum Gasteiger partial charge on any atom is -0.497 e. The molecule has 2 heterocycles. The molecule has 0 aliphatic heterocycles. The van der Waals surface area contributed by atoms with Crippen LogP contribution in [0, 0.1) is 0 Å². The van der Waals surface area contributed by atoms with Crippen molar-refractivity contribution in [2.75, 3.05) is 19.0 Å². The van der Waals surface area contributed by atoms with E-state index >= 15 is 0 Å². The van der Waals surface area contributed by atoms with E-state index in [0.29, 0.717) is 22.4 Å². The number of methoxy groups -OCH3 is 1. The minimum absolute atomic E-state index is 0.182. The van der Waals surface area contributed by atoms with E-state index in [4.69, 9.17) is 4.74 Å². The number of fused-ring (bicyclic) bond motifs is 1. The first-order valence-corrected chi connectivity index (χ1v) is 9.61. The third-order valence-corrected chi connectivity index (χ3v) is 4.46. The fourth-order valence-corrected chi connectivity index (χ4v) is 2.95. The van der Waals surface area contributed by atoms with Gasteiger partial charge in [0.2, 0.25) is 5.95 Å². The Morgan fingerprint density at radius 2 is 2.03 bits per heavy atom. The van der Waals surface area contributed by atoms with Crippen molar-refractivity contribution in [2.24, 2.45) is 4.99 Å². The van der Waals surface area contributed by atoms with Crippen LogP contribution in [0.4, 0.5) is 19.1 Å². The maximum atomic E-state index is 13.4. The van der Waals surface area contributed by atoms with Gasteiger partial charge in [0.25, 0.3) is 5.56 Å². The summed E-state index contributed by atoms with van der Waals surface area (Å²) < 4.78 is 44.3. The molecular weight excluding hydrogens is 435 g/mol. The van der Waals surface area contributed by atoms with E-state index < -0.39 is 18.3 Å². The second kappa shape index (κ2) is 9.94. The molecule has 3 aromatic rings. The number of ether oxygens (including phenoxy) is 1. The van der Waals surface area contributed by atoms with Crippen LogP contribution in [-0.4, -0.2) is 40.6 Å². The van der Waals surface area contributed by atoms with E-state index in [-0.39, 0.29) is 17.0 Å². The lowest BCUT2D eigenvalue weighted by atomic mass is 10.0. The smallest absolute Gasteiger partial charge is 0.405 e. The summed E-state index contributed by atoms with van der Waals surface area (Å²) in [6.07, 6.45) is 4.40. The van der Waals surface area contributed by atoms with Crippen LogP contribution in [0.1, 0.15) is 0 Å². The summed E-state index contributed by atoms with van der Waals surface area (Å²) in [5.74, 6) is 0.335. The van der Waals surface area contributed by atoms with Crippen LogP contribution < -0.4 is 15.6 Å². The zero-order valence-corrected chi connectivity index (χ0v) is 17.6. The molecule has 33 heavy (non-hydrogen) atoms. The maximum absolute atomic E-state index is 13.4. The van der Waals surface area contributed by atoms with E-state index in [1.54, 1.807) is 36.4 Å². The molecule has 0 aliphatic rings. The summed E-state index contributed by atoms with van der Waals surface area (Å²) in [6.45, 7) is 6.09. The first-order valence-electron chi connectivity index (χ1n) is 9.61. The molecule has 0 spiro atoms. The Morgan fingerprint density at radius 3 is 2.67 bits per heavy atom. The summed E-state index contributed by atoms with van der Waals surface area (Å²) in [5.41, 5.74) is 0.772. The molecule has 3 rings (SSSR count). The topological polar surface area (TPSA) is 81.4 Å². The van der Waals surface area contributed by atoms with Gasteiger partial charge >= 0.3 is 6.18 Å². The van der Waals surface area contributed by atoms with Gasteiger partial charge in [-0.1, -0.05) is 25.3 Å². The SMILES string of the molecule is C=CN=C/C=C\C(=C)n1cc2cnc(NCC(F)(F)F)nc2c(-c2ccc(OC)cc2)c1=O. The molecule has 170 valence electrons. The molecule has 0 atom stereocenters. The fraction of sp³-hybridized carbons (Fsp3) is 0.130. The number of aliphatic imine (C=N–C) groups is 1. The van der Waals surface area contributed by atoms with Crippen LogP contribution >= 0.6 is 0 Å². The molecule has 0 fully saturated rings. The highest BCUT2D eigenvalue weighted by Gasteiger charge is 2.27. The van der Waals surface area contributed by atoms with Crippen LogP contribution in [-0.2, 0) is 0 Å². The van der Waals surface area contributed by atoms with E-state index in [1.807, 2.05) is 0 Å². The van der Waals surface area contributed by atoms with Crippen molar-refractivity contribution in [1.82, 2.24) is 14.5 Å². The number of nitrogens with zero attached hydrogens (tertiary/aromatic N) is 4. The van der Waals surface area contributed by atoms with Crippen molar-refractivity contribution in [3.05, 3.63) is 78.5 Å². The molecule has 0 bridgehead atoms. The van der Waals surface area contributed by atoms with Crippen LogP contribution in [0.3, 0.4) is 0 Å². The lowest BCUT2D eigenvalue weighted by Gasteiger charge is -2.14. The molecule has 1 N–H and O–H groups in total. The van der Waals surface area contributed by atoms with Gasteiger partial charge in [-0.3, -0.25) is 14.4 Å². The second-order valence-corrected chi connectivity index (χ2v) is 6.71. The Bertz CT molecular complexity index is 1290. The lowest BCUT2D eigenvalue weighted by Crippen LogP contribution is -2.23. The average molecular weight is 455 g/mol. The number of halogens is 3. The fourth-order valence-electron chi connectivity index (χ4n) is 2.95. The molecule has 0 saturated heterocycles. The van der Waals surface area contributed by atoms with Crippen molar-refractivity contribution in [1.29, 1.82) is 0 Å². The molecule has 7 nitrogen and oxygen atoms in total. The predicted molar refractivity (Wildman–Crippen MR) is 123 cm³/mol. The van der Waals surface area contributed by atoms with Crippen molar-refractivity contribution >= 4 is 28.8 Å². The first kappa shape index (κ1) is 23.5. The first-order chi connectivity index (χ1) is 15.7. The predicted octanol–water partition coefficient (Wildman–Crippen LogP) is 4.68. The molecule has 0 unspecified atom stereocenters. The summed E-state index contributed by atoms with van der Waals surface area (Å²) in [4.78, 5) is 25.4. The molecule has 10 heteroatoms. The number of rotatable bonds is 8. The number of benzene rings is 1. The molecule has 0 aliphatic carbocycles. The van der Waals surface area contributed by atoms with Gasteiger partial charge in [-0.2, -0.15) is 13.2 Å². The Balaban J connectivity index is 2.18. The van der Waals surface area contributed by atoms with Crippen LogP contribution in [0.2, 0.25) is 0 Å². The molecule has 2 aromatic heterocycles. The summed E-state index contributed by atoms with van der Waals surface area (Å²) in [5, 5.41) is 2.58. The van der Waals surface area contributed by atoms with E-state index in [0.717, 1.165) is 0 Å². The number of hydrogen-bond donors (Lipinski definition) is 1. The third kappa shape index (κ3) is 5.73. The second-order valence-electron chi connectivity index (χ2n) is 6.71. The maximum Gasteiger partial charge on any atom is 0.405 e. The van der Waals surface area contributed by atoms with Gasteiger partial charge in [0.05, 0.1) is 18.2 Å². The normalized spacial score (nSPS) is 11.9. The van der Waals surface area contributed by atoms with Crippen molar-refractivity contribution in [3.63, 3.8) is 0 Å². The van der Waals surface area contributed by atoms with Gasteiger partial charge in [0.15, 0.2) is 0 Å². The van der Waals surface area contributed by atoms with Crippen molar-refractivity contribution in [2.45, 2.75) is 6.18 Å². The van der Waals surface area contributed by atoms with Gasteiger partial charge in [-0.25, -0.2) is 9.97 Å². The van der Waals surface area contributed by atoms with Crippen LogP contribution in [0.15, 0.2) is 78.0 Å². The number of allylic oxidation sites excluding steroid dienone is 3. The highest BCUT2D eigenvalue weighted by molar-refractivity contribution is 5.93. The van der Waals surface area contributed by atoms with Crippen LogP contribution in [0.5, 0.6) is 5.75 Å². The standard InChI is InChI=1S/C23H20F3N5O2/c1-4-27-11-5-6-15(2)31-13-17-12-28-22(29-14-23(24,25)26)30-20(17)19(21(31)32)16-7-9-18(33-3)10-8-16/h4-13H,1-2,14H2,3H3,(H,29,30)/b6-5-,27-11?. The number of pyridine rings is 1. The summed E-state index contributed by atoms with van der Waals surface area (Å²) >= 11 is 0. The van der Waals surface area contributed by atoms with Crippen molar-refractivity contribution < 1.29 is 17.9 Å². The highest BCUT2D eigenvalue weighted by atomic mass is 19.4. The Kier molecular flexibility index (Phi) is 7.07. The molecule has 0 radical (unpaired) electrons. The number of hydrogen-bond acceptors (Lipinski definition) is 6. The monoisotopic (exact) mass is 455 g/mol. The van der Waals surface area contributed by atoms with Crippen molar-refractivity contribution in [3.8, 4) is 16.9 Å². The third-order valence-electron chi connectivity index (χ3n) is 4.46. The molecule has 0 amide bonds. The van der Waals surface area contributed by atoms with E-state index in [9.17, 15) is 18.0 Å². The Hall–Kier alpha value is -4.21. The molecular formula is C23H20F3N5O2. The van der Waals surface area contributed by atoms with Crippen LogP contribution in [0.25, 0.3) is 27.7 Å². The van der Waals surface area contributed by atoms with Gasteiger partial charge in [0, 0.05) is 35.9 Å². The van der Waals surface area contributed by atoms with Gasteiger partial charge in [-0.05, 0) is 29.8 Å². The number of nitrogens with one attached hydrogen (secondary N) is 1. The minimum atomic E-state index is -4.44. The quantitative estimate of drug-likeness (QED) is 0.394. The lowest BCUT2D eigenvalue weighted by molar-refractivity contribution is -0.115. The van der Waals surface area contributed by atoms with Gasteiger partial charge in [0.1, 0.15) is 12.3 Å². The summed E-state index contributed by atoms with van der Waals surface area (Å²) in [6, 6.07) is 6.67. The van der Waals surface area contributed by atoms with Gasteiger partial charge < -0.3 is 10.1 Å². The highest BCUT2D eigenvalue weighted by Crippen LogP contribution is 2.27. The average Bonchev–Trinajstić information content (AvgIpc) is 2.79. The summed E-state index contributed by atoms with van der Waals surface area (Å²) in [7, 11) is 1.51.